The molecule has 1 unspecified atom stereocenters. The van der Waals surface area contributed by atoms with Gasteiger partial charge in [0.25, 0.3) is 0 Å². The highest BCUT2D eigenvalue weighted by Crippen LogP contribution is 2.61. The average Bonchev–Trinajstić information content (AvgIpc) is 2.91. The van der Waals surface area contributed by atoms with E-state index in [-0.39, 0.29) is 5.41 Å². The second-order valence-electron chi connectivity index (χ2n) is 7.81. The van der Waals surface area contributed by atoms with Crippen molar-refractivity contribution < 1.29 is 9.53 Å². The quantitative estimate of drug-likeness (QED) is 0.685. The zero-order valence-electron chi connectivity index (χ0n) is 14.0. The fraction of sp³-hybridized carbons (Fsp3) is 0.750. The van der Waals surface area contributed by atoms with Crippen LogP contribution in [0, 0.1) is 23.2 Å². The monoisotopic (exact) mass is 300 g/mol. The Kier molecular flexibility index (Phi) is 3.47. The van der Waals surface area contributed by atoms with E-state index < -0.39 is 0 Å². The van der Waals surface area contributed by atoms with Crippen molar-refractivity contribution >= 4 is 5.78 Å². The van der Waals surface area contributed by atoms with Crippen LogP contribution in [0.3, 0.4) is 0 Å². The number of allylic oxidation sites excluding steroid dienone is 3. The van der Waals surface area contributed by atoms with Gasteiger partial charge in [0.15, 0.2) is 0 Å². The first-order valence-corrected chi connectivity index (χ1v) is 9.16. The molecule has 2 fully saturated rings. The molecule has 0 aromatic carbocycles. The number of carbonyl (C=O) groups is 1. The first-order valence-electron chi connectivity index (χ1n) is 9.16. The van der Waals surface area contributed by atoms with Gasteiger partial charge in [-0.1, -0.05) is 18.1 Å². The van der Waals surface area contributed by atoms with Crippen LogP contribution in [0.25, 0.3) is 0 Å². The topological polar surface area (TPSA) is 26.3 Å². The van der Waals surface area contributed by atoms with E-state index in [1.54, 1.807) is 18.3 Å². The number of Topliss-reactive ketones (excluding diaryl/α,β-unsaturated/α-hetero) is 1. The summed E-state index contributed by atoms with van der Waals surface area (Å²) in [6.45, 7) is 2.25. The molecule has 0 aromatic rings. The molecule has 0 saturated heterocycles. The average molecular weight is 300 g/mol. The minimum Gasteiger partial charge on any atom is -0.501 e. The minimum atomic E-state index is 0.0570. The summed E-state index contributed by atoms with van der Waals surface area (Å²) in [7, 11) is 1.80. The standard InChI is InChI=1S/C20H28O2/c1-3-20-11-10-16-15-7-5-14(22-2)12-13(15)4-6-17(16)18(20)8-9-19(20)21/h5,16-18H,3-4,6-12H2,1-2H3/t16-,17-,18?,20+/m1/s1. The van der Waals surface area contributed by atoms with Gasteiger partial charge in [-0.3, -0.25) is 4.79 Å². The van der Waals surface area contributed by atoms with Crippen LogP contribution < -0.4 is 0 Å². The van der Waals surface area contributed by atoms with Gasteiger partial charge in [-0.25, -0.2) is 0 Å². The van der Waals surface area contributed by atoms with Crippen molar-refractivity contribution in [3.8, 4) is 0 Å². The van der Waals surface area contributed by atoms with Gasteiger partial charge in [0.2, 0.25) is 0 Å². The van der Waals surface area contributed by atoms with E-state index in [0.717, 1.165) is 56.1 Å². The zero-order chi connectivity index (χ0) is 15.3. The molecular weight excluding hydrogens is 272 g/mol. The molecule has 0 aromatic heterocycles. The van der Waals surface area contributed by atoms with Crippen molar-refractivity contribution in [1.29, 1.82) is 0 Å². The summed E-state index contributed by atoms with van der Waals surface area (Å²) in [4.78, 5) is 12.6. The number of hydrogen-bond acceptors (Lipinski definition) is 2. The Morgan fingerprint density at radius 1 is 1.27 bits per heavy atom. The van der Waals surface area contributed by atoms with Gasteiger partial charge in [-0.05, 0) is 68.8 Å². The van der Waals surface area contributed by atoms with Crippen molar-refractivity contribution in [2.45, 2.75) is 64.7 Å². The summed E-state index contributed by atoms with van der Waals surface area (Å²) in [5.74, 6) is 3.95. The highest BCUT2D eigenvalue weighted by atomic mass is 16.5. The predicted octanol–water partition coefficient (Wildman–Crippen LogP) is 4.80. The molecule has 0 N–H and O–H groups in total. The van der Waals surface area contributed by atoms with Gasteiger partial charge in [0.1, 0.15) is 5.78 Å². The largest absolute Gasteiger partial charge is 0.501 e. The van der Waals surface area contributed by atoms with Gasteiger partial charge in [-0.15, -0.1) is 0 Å². The molecule has 4 atom stereocenters. The van der Waals surface area contributed by atoms with Gasteiger partial charge < -0.3 is 4.74 Å². The third-order valence-electron chi connectivity index (χ3n) is 7.39. The molecule has 0 amide bonds. The zero-order valence-corrected chi connectivity index (χ0v) is 14.0. The second kappa shape index (κ2) is 5.25. The molecule has 0 heterocycles. The van der Waals surface area contributed by atoms with E-state index in [1.165, 1.54) is 19.3 Å². The van der Waals surface area contributed by atoms with Crippen molar-refractivity contribution in [3.05, 3.63) is 23.0 Å². The van der Waals surface area contributed by atoms with Crippen LogP contribution in [0.4, 0.5) is 0 Å². The number of ketones is 1. The number of hydrogen-bond donors (Lipinski definition) is 0. The maximum Gasteiger partial charge on any atom is 0.139 e. The smallest absolute Gasteiger partial charge is 0.139 e. The summed E-state index contributed by atoms with van der Waals surface area (Å²) < 4.78 is 5.48. The molecule has 0 bridgehead atoms. The number of fused-ring (bicyclic) bond motifs is 4. The molecule has 0 aliphatic heterocycles. The van der Waals surface area contributed by atoms with Gasteiger partial charge in [-0.2, -0.15) is 0 Å². The van der Waals surface area contributed by atoms with E-state index in [9.17, 15) is 4.79 Å². The number of methoxy groups -OCH3 is 1. The van der Waals surface area contributed by atoms with Crippen molar-refractivity contribution in [1.82, 2.24) is 0 Å². The maximum absolute atomic E-state index is 12.6. The summed E-state index contributed by atoms with van der Waals surface area (Å²) in [5, 5.41) is 0. The molecule has 4 aliphatic rings. The molecule has 120 valence electrons. The number of rotatable bonds is 2. The van der Waals surface area contributed by atoms with Crippen molar-refractivity contribution in [2.24, 2.45) is 23.2 Å². The van der Waals surface area contributed by atoms with E-state index in [1.807, 2.05) is 0 Å². The number of ether oxygens (including phenoxy) is 1. The molecular formula is C20H28O2. The minimum absolute atomic E-state index is 0.0570. The molecule has 0 radical (unpaired) electrons. The Bertz CT molecular complexity index is 556. The van der Waals surface area contributed by atoms with Crippen LogP contribution in [0.15, 0.2) is 23.0 Å². The fourth-order valence-electron chi connectivity index (χ4n) is 6.27. The Morgan fingerprint density at radius 3 is 2.91 bits per heavy atom. The van der Waals surface area contributed by atoms with Crippen LogP contribution in [0.5, 0.6) is 0 Å². The Labute approximate surface area is 134 Å². The van der Waals surface area contributed by atoms with Crippen LogP contribution in [-0.4, -0.2) is 12.9 Å². The van der Waals surface area contributed by atoms with Crippen molar-refractivity contribution in [2.75, 3.05) is 7.11 Å². The Hall–Kier alpha value is -1.05. The lowest BCUT2D eigenvalue weighted by atomic mass is 9.53. The van der Waals surface area contributed by atoms with Gasteiger partial charge in [0, 0.05) is 18.3 Å². The first-order chi connectivity index (χ1) is 10.7. The highest BCUT2D eigenvalue weighted by Gasteiger charge is 2.56. The van der Waals surface area contributed by atoms with Gasteiger partial charge >= 0.3 is 0 Å². The van der Waals surface area contributed by atoms with Gasteiger partial charge in [0.05, 0.1) is 12.9 Å². The van der Waals surface area contributed by atoms with E-state index >= 15 is 0 Å². The second-order valence-corrected chi connectivity index (χ2v) is 7.81. The lowest BCUT2D eigenvalue weighted by Gasteiger charge is -2.50. The first kappa shape index (κ1) is 14.5. The normalized spacial score (nSPS) is 40.7. The predicted molar refractivity (Wildman–Crippen MR) is 87.3 cm³/mol. The third kappa shape index (κ3) is 1.88. The summed E-state index contributed by atoms with van der Waals surface area (Å²) in [6, 6.07) is 0. The van der Waals surface area contributed by atoms with Crippen LogP contribution in [0.2, 0.25) is 0 Å². The Balaban J connectivity index is 1.63. The van der Waals surface area contributed by atoms with Crippen LogP contribution >= 0.6 is 0 Å². The molecule has 2 saturated carbocycles. The maximum atomic E-state index is 12.6. The molecule has 2 heteroatoms. The number of carbonyl (C=O) groups excluding carboxylic acids is 1. The van der Waals surface area contributed by atoms with Crippen molar-refractivity contribution in [3.63, 3.8) is 0 Å². The fourth-order valence-corrected chi connectivity index (χ4v) is 6.27. The van der Waals surface area contributed by atoms with E-state index in [2.05, 4.69) is 13.0 Å². The molecule has 4 rings (SSSR count). The Morgan fingerprint density at radius 2 is 2.14 bits per heavy atom. The molecule has 2 nitrogen and oxygen atoms in total. The summed E-state index contributed by atoms with van der Waals surface area (Å²) >= 11 is 0. The molecule has 4 aliphatic carbocycles. The summed E-state index contributed by atoms with van der Waals surface area (Å²) in [6.07, 6.45) is 12.4. The summed E-state index contributed by atoms with van der Waals surface area (Å²) in [5.41, 5.74) is 3.44. The lowest BCUT2D eigenvalue weighted by molar-refractivity contribution is -0.131. The highest BCUT2D eigenvalue weighted by molar-refractivity contribution is 5.87. The van der Waals surface area contributed by atoms with Crippen LogP contribution in [-0.2, 0) is 9.53 Å². The van der Waals surface area contributed by atoms with E-state index in [0.29, 0.717) is 11.7 Å². The molecule has 0 spiro atoms. The molecule has 22 heavy (non-hydrogen) atoms. The van der Waals surface area contributed by atoms with Crippen LogP contribution in [0.1, 0.15) is 64.7 Å². The van der Waals surface area contributed by atoms with E-state index in [4.69, 9.17) is 4.74 Å². The lowest BCUT2D eigenvalue weighted by Crippen LogP contribution is -2.45. The SMILES string of the molecule is CC[C@]12CC[C@@H]3C4=C(CC[C@H]3C1CCC2=O)CC(OC)=CC4. The third-order valence-corrected chi connectivity index (χ3v) is 7.39.